The van der Waals surface area contributed by atoms with E-state index >= 15 is 0 Å². The van der Waals surface area contributed by atoms with Crippen molar-refractivity contribution >= 4 is 57.5 Å². The molecular formula is C19H20ClN3S. The number of hydrogen-bond donors (Lipinski definition) is 2. The number of nitrogens with one attached hydrogen (secondary N) is 1. The fourth-order valence-electron chi connectivity index (χ4n) is 2.43. The van der Waals surface area contributed by atoms with Crippen LogP contribution in [-0.2, 0) is 0 Å². The highest BCUT2D eigenvalue weighted by Crippen LogP contribution is 2.29. The molecule has 3 nitrogen and oxygen atoms in total. The summed E-state index contributed by atoms with van der Waals surface area (Å²) in [5.74, 6) is 0.125. The molecule has 0 saturated carbocycles. The number of hydrogen-bond acceptors (Lipinski definition) is 3. The van der Waals surface area contributed by atoms with Crippen LogP contribution >= 0.6 is 23.7 Å². The first-order valence-electron chi connectivity index (χ1n) is 7.37. The van der Waals surface area contributed by atoms with Crippen LogP contribution in [0.3, 0.4) is 0 Å². The molecule has 2 aromatic carbocycles. The molecule has 3 aromatic rings. The molecule has 5 heteroatoms. The lowest BCUT2D eigenvalue weighted by molar-refractivity contribution is 1.13. The molecule has 0 saturated heterocycles. The van der Waals surface area contributed by atoms with E-state index < -0.39 is 0 Å². The number of rotatable bonds is 4. The second-order valence-corrected chi connectivity index (χ2v) is 6.69. The predicted molar refractivity (Wildman–Crippen MR) is 110 cm³/mol. The van der Waals surface area contributed by atoms with E-state index in [1.54, 1.807) is 11.3 Å². The summed E-state index contributed by atoms with van der Waals surface area (Å²) < 4.78 is 1.15. The molecule has 0 bridgehead atoms. The van der Waals surface area contributed by atoms with Crippen LogP contribution in [0.5, 0.6) is 0 Å². The summed E-state index contributed by atoms with van der Waals surface area (Å²) in [6.07, 6.45) is 4.23. The zero-order valence-corrected chi connectivity index (χ0v) is 15.2. The van der Waals surface area contributed by atoms with Crippen molar-refractivity contribution in [1.29, 1.82) is 5.41 Å². The van der Waals surface area contributed by atoms with Crippen LogP contribution in [0.15, 0.2) is 48.5 Å². The quantitative estimate of drug-likeness (QED) is 0.398. The van der Waals surface area contributed by atoms with Crippen molar-refractivity contribution in [2.45, 2.75) is 0 Å². The van der Waals surface area contributed by atoms with E-state index in [0.29, 0.717) is 0 Å². The van der Waals surface area contributed by atoms with E-state index in [0.717, 1.165) is 26.1 Å². The number of fused-ring (bicyclic) bond motifs is 1. The van der Waals surface area contributed by atoms with Crippen LogP contribution in [0.1, 0.15) is 16.0 Å². The van der Waals surface area contributed by atoms with Gasteiger partial charge in [0.1, 0.15) is 5.84 Å². The largest absolute Gasteiger partial charge is 0.383 e. The highest BCUT2D eigenvalue weighted by molar-refractivity contribution is 7.20. The number of halogens is 1. The SMILES string of the molecule is CN(C)c1ccc(C=Cc2cccc3sc(C(=N)N)cc23)cc1.Cl. The molecule has 0 amide bonds. The molecular weight excluding hydrogens is 338 g/mol. The van der Waals surface area contributed by atoms with Gasteiger partial charge >= 0.3 is 0 Å². The number of thiophene rings is 1. The van der Waals surface area contributed by atoms with Crippen LogP contribution in [0.2, 0.25) is 0 Å². The molecule has 0 aliphatic carbocycles. The van der Waals surface area contributed by atoms with Crippen molar-refractivity contribution in [2.24, 2.45) is 5.73 Å². The van der Waals surface area contributed by atoms with Crippen molar-refractivity contribution in [1.82, 2.24) is 0 Å². The molecule has 0 fully saturated rings. The Labute approximate surface area is 152 Å². The minimum atomic E-state index is 0. The van der Waals surface area contributed by atoms with E-state index in [-0.39, 0.29) is 18.2 Å². The van der Waals surface area contributed by atoms with Gasteiger partial charge in [0.15, 0.2) is 0 Å². The van der Waals surface area contributed by atoms with Gasteiger partial charge in [-0.05, 0) is 35.4 Å². The monoisotopic (exact) mass is 357 g/mol. The maximum Gasteiger partial charge on any atom is 0.133 e. The fourth-order valence-corrected chi connectivity index (χ4v) is 3.39. The molecule has 0 radical (unpaired) electrons. The van der Waals surface area contributed by atoms with E-state index in [2.05, 4.69) is 53.5 Å². The van der Waals surface area contributed by atoms with Gasteiger partial charge < -0.3 is 10.6 Å². The Morgan fingerprint density at radius 2 is 1.79 bits per heavy atom. The van der Waals surface area contributed by atoms with E-state index in [1.807, 2.05) is 26.2 Å². The zero-order chi connectivity index (χ0) is 16.4. The Kier molecular flexibility index (Phi) is 5.65. The number of amidine groups is 1. The van der Waals surface area contributed by atoms with Gasteiger partial charge in [0.2, 0.25) is 0 Å². The summed E-state index contributed by atoms with van der Waals surface area (Å²) in [6, 6.07) is 16.6. The normalized spacial score (nSPS) is 10.8. The minimum absolute atomic E-state index is 0. The topological polar surface area (TPSA) is 53.1 Å². The van der Waals surface area contributed by atoms with Crippen molar-refractivity contribution in [2.75, 3.05) is 19.0 Å². The second-order valence-electron chi connectivity index (χ2n) is 5.60. The summed E-state index contributed by atoms with van der Waals surface area (Å²) in [6.45, 7) is 0. The Hall–Kier alpha value is -2.30. The first-order valence-corrected chi connectivity index (χ1v) is 8.18. The fraction of sp³-hybridized carbons (Fsp3) is 0.105. The second kappa shape index (κ2) is 7.51. The van der Waals surface area contributed by atoms with Gasteiger partial charge in [-0.2, -0.15) is 0 Å². The molecule has 3 rings (SSSR count). The smallest absolute Gasteiger partial charge is 0.133 e. The molecule has 24 heavy (non-hydrogen) atoms. The number of nitrogens with two attached hydrogens (primary N) is 1. The summed E-state index contributed by atoms with van der Waals surface area (Å²) in [5, 5.41) is 8.74. The maximum absolute atomic E-state index is 7.60. The summed E-state index contributed by atoms with van der Waals surface area (Å²) in [5.41, 5.74) is 9.09. The third-order valence-electron chi connectivity index (χ3n) is 3.73. The van der Waals surface area contributed by atoms with Crippen LogP contribution in [0.25, 0.3) is 22.2 Å². The van der Waals surface area contributed by atoms with Crippen molar-refractivity contribution in [3.63, 3.8) is 0 Å². The number of anilines is 1. The van der Waals surface area contributed by atoms with Gasteiger partial charge in [0.05, 0.1) is 4.88 Å². The minimum Gasteiger partial charge on any atom is -0.383 e. The third kappa shape index (κ3) is 3.78. The molecule has 0 atom stereocenters. The van der Waals surface area contributed by atoms with Crippen molar-refractivity contribution in [3.8, 4) is 0 Å². The Morgan fingerprint density at radius 1 is 1.08 bits per heavy atom. The van der Waals surface area contributed by atoms with Gasteiger partial charge in [0, 0.05) is 29.9 Å². The number of benzene rings is 2. The average molecular weight is 358 g/mol. The Bertz CT molecular complexity index is 879. The molecule has 0 aliphatic heterocycles. The molecule has 0 unspecified atom stereocenters. The highest BCUT2D eigenvalue weighted by Gasteiger charge is 2.06. The van der Waals surface area contributed by atoms with Gasteiger partial charge in [-0.15, -0.1) is 23.7 Å². The standard InChI is InChI=1S/C19H19N3S.ClH/c1-22(2)15-10-7-13(8-11-15)6-9-14-4-3-5-17-16(14)12-18(23-17)19(20)21;/h3-12H,1-2H3,(H3,20,21);1H. The molecule has 3 N–H and O–H groups in total. The molecule has 1 heterocycles. The Balaban J connectivity index is 0.00000208. The number of nitrogen functional groups attached to an aromatic ring is 1. The van der Waals surface area contributed by atoms with E-state index in [4.69, 9.17) is 11.1 Å². The van der Waals surface area contributed by atoms with Gasteiger partial charge in [-0.3, -0.25) is 5.41 Å². The molecule has 1 aromatic heterocycles. The molecule has 0 spiro atoms. The van der Waals surface area contributed by atoms with Gasteiger partial charge in [-0.25, -0.2) is 0 Å². The van der Waals surface area contributed by atoms with Crippen LogP contribution in [0.4, 0.5) is 5.69 Å². The molecule has 124 valence electrons. The average Bonchev–Trinajstić information content (AvgIpc) is 2.98. The maximum atomic E-state index is 7.60. The van der Waals surface area contributed by atoms with Crippen molar-refractivity contribution in [3.05, 3.63) is 64.5 Å². The third-order valence-corrected chi connectivity index (χ3v) is 4.86. The molecule has 0 aliphatic rings. The van der Waals surface area contributed by atoms with Gasteiger partial charge in [0.25, 0.3) is 0 Å². The predicted octanol–water partition coefficient (Wildman–Crippen LogP) is 4.84. The lowest BCUT2D eigenvalue weighted by atomic mass is 10.1. The lowest BCUT2D eigenvalue weighted by Crippen LogP contribution is -2.08. The first-order chi connectivity index (χ1) is 11.0. The summed E-state index contributed by atoms with van der Waals surface area (Å²) >= 11 is 1.56. The zero-order valence-electron chi connectivity index (χ0n) is 13.6. The Morgan fingerprint density at radius 3 is 2.42 bits per heavy atom. The van der Waals surface area contributed by atoms with Crippen LogP contribution in [0, 0.1) is 5.41 Å². The summed E-state index contributed by atoms with van der Waals surface area (Å²) in [4.78, 5) is 2.90. The van der Waals surface area contributed by atoms with Crippen LogP contribution in [-0.4, -0.2) is 19.9 Å². The lowest BCUT2D eigenvalue weighted by Gasteiger charge is -2.11. The van der Waals surface area contributed by atoms with Crippen LogP contribution < -0.4 is 10.6 Å². The highest BCUT2D eigenvalue weighted by atomic mass is 35.5. The van der Waals surface area contributed by atoms with Gasteiger partial charge in [-0.1, -0.05) is 36.4 Å². The van der Waals surface area contributed by atoms with Crippen molar-refractivity contribution < 1.29 is 0 Å². The summed E-state index contributed by atoms with van der Waals surface area (Å²) in [7, 11) is 4.07. The van der Waals surface area contributed by atoms with E-state index in [9.17, 15) is 0 Å². The van der Waals surface area contributed by atoms with E-state index in [1.165, 1.54) is 5.69 Å². The number of nitrogens with zero attached hydrogens (tertiary/aromatic N) is 1. The first kappa shape index (κ1) is 18.0.